The summed E-state index contributed by atoms with van der Waals surface area (Å²) in [6.07, 6.45) is 7.69. The number of benzene rings is 1. The van der Waals surface area contributed by atoms with E-state index in [9.17, 15) is 4.79 Å². The first-order valence-electron chi connectivity index (χ1n) is 10.6. The zero-order valence-electron chi connectivity index (χ0n) is 16.8. The molecule has 6 heteroatoms. The van der Waals surface area contributed by atoms with E-state index in [2.05, 4.69) is 15.0 Å². The highest BCUT2D eigenvalue weighted by Crippen LogP contribution is 2.24. The smallest absolute Gasteiger partial charge is 0.227 e. The molecule has 2 fully saturated rings. The van der Waals surface area contributed by atoms with Crippen LogP contribution in [0.3, 0.4) is 0 Å². The van der Waals surface area contributed by atoms with Crippen LogP contribution >= 0.6 is 0 Å². The normalized spacial score (nSPS) is 19.1. The van der Waals surface area contributed by atoms with Gasteiger partial charge in [0.15, 0.2) is 0 Å². The van der Waals surface area contributed by atoms with Crippen molar-refractivity contribution < 1.29 is 9.32 Å². The minimum atomic E-state index is 0.193. The summed E-state index contributed by atoms with van der Waals surface area (Å²) in [5, 5.41) is 4.08. The van der Waals surface area contributed by atoms with E-state index >= 15 is 0 Å². The molecule has 1 saturated heterocycles. The topological polar surface area (TPSA) is 62.5 Å². The minimum Gasteiger partial charge on any atom is -0.340 e. The maximum atomic E-state index is 12.6. The van der Waals surface area contributed by atoms with E-state index in [1.165, 1.54) is 32.1 Å². The number of hydrogen-bond acceptors (Lipinski definition) is 5. The van der Waals surface area contributed by atoms with Crippen LogP contribution in [0.4, 0.5) is 0 Å². The van der Waals surface area contributed by atoms with Gasteiger partial charge in [0.05, 0.1) is 0 Å². The van der Waals surface area contributed by atoms with E-state index in [1.807, 2.05) is 36.1 Å². The molecule has 0 radical (unpaired) electrons. The number of nitrogens with zero attached hydrogens (tertiary/aromatic N) is 4. The van der Waals surface area contributed by atoms with Crippen molar-refractivity contribution in [2.45, 2.75) is 57.9 Å². The average molecular weight is 383 g/mol. The number of amides is 1. The molecular formula is C22H30N4O2. The second kappa shape index (κ2) is 8.86. The lowest BCUT2D eigenvalue weighted by Crippen LogP contribution is -2.52. The van der Waals surface area contributed by atoms with Gasteiger partial charge < -0.3 is 9.42 Å². The first-order valence-corrected chi connectivity index (χ1v) is 10.6. The zero-order chi connectivity index (χ0) is 19.3. The van der Waals surface area contributed by atoms with Crippen LogP contribution in [-0.2, 0) is 11.2 Å². The third kappa shape index (κ3) is 4.43. The monoisotopic (exact) mass is 382 g/mol. The Kier molecular flexibility index (Phi) is 6.05. The Labute approximate surface area is 166 Å². The van der Waals surface area contributed by atoms with Gasteiger partial charge in [-0.1, -0.05) is 48.7 Å². The lowest BCUT2D eigenvalue weighted by atomic mass is 9.94. The summed E-state index contributed by atoms with van der Waals surface area (Å²) in [5.74, 6) is 1.33. The molecule has 0 bridgehead atoms. The van der Waals surface area contributed by atoms with Gasteiger partial charge in [-0.25, -0.2) is 0 Å². The second-order valence-electron chi connectivity index (χ2n) is 8.04. The van der Waals surface area contributed by atoms with E-state index in [0.29, 0.717) is 24.6 Å². The number of hydrogen-bond donors (Lipinski definition) is 0. The predicted octanol–water partition coefficient (Wildman–Crippen LogP) is 3.45. The van der Waals surface area contributed by atoms with Crippen molar-refractivity contribution in [2.24, 2.45) is 0 Å². The fraction of sp³-hybridized carbons (Fsp3) is 0.591. The van der Waals surface area contributed by atoms with Crippen molar-refractivity contribution in [2.75, 3.05) is 26.2 Å². The number of aryl methyl sites for hydroxylation is 2. The molecule has 1 aromatic heterocycles. The Morgan fingerprint density at radius 3 is 2.61 bits per heavy atom. The molecule has 28 heavy (non-hydrogen) atoms. The Morgan fingerprint density at radius 1 is 1.11 bits per heavy atom. The molecule has 0 spiro atoms. The van der Waals surface area contributed by atoms with Gasteiger partial charge in [0.2, 0.25) is 17.6 Å². The first kappa shape index (κ1) is 19.1. The summed E-state index contributed by atoms with van der Waals surface area (Å²) < 4.78 is 5.37. The van der Waals surface area contributed by atoms with Crippen molar-refractivity contribution in [3.8, 4) is 11.4 Å². The first-order chi connectivity index (χ1) is 13.7. The van der Waals surface area contributed by atoms with Gasteiger partial charge in [0, 0.05) is 50.6 Å². The molecule has 1 aromatic carbocycles. The van der Waals surface area contributed by atoms with Crippen molar-refractivity contribution in [1.29, 1.82) is 0 Å². The highest BCUT2D eigenvalue weighted by molar-refractivity contribution is 5.76. The van der Waals surface area contributed by atoms with Crippen molar-refractivity contribution >= 4 is 5.91 Å². The molecule has 1 saturated carbocycles. The summed E-state index contributed by atoms with van der Waals surface area (Å²) in [6.45, 7) is 5.73. The van der Waals surface area contributed by atoms with Gasteiger partial charge in [0.25, 0.3) is 0 Å². The quantitative estimate of drug-likeness (QED) is 0.792. The third-order valence-electron chi connectivity index (χ3n) is 6.16. The van der Waals surface area contributed by atoms with Crippen LogP contribution < -0.4 is 0 Å². The maximum absolute atomic E-state index is 12.6. The zero-order valence-corrected chi connectivity index (χ0v) is 16.8. The summed E-state index contributed by atoms with van der Waals surface area (Å²) in [7, 11) is 0. The molecular weight excluding hydrogens is 352 g/mol. The molecule has 2 heterocycles. The molecule has 4 rings (SSSR count). The van der Waals surface area contributed by atoms with Gasteiger partial charge in [-0.2, -0.15) is 4.98 Å². The summed E-state index contributed by atoms with van der Waals surface area (Å²) >= 11 is 0. The molecule has 0 unspecified atom stereocenters. The van der Waals surface area contributed by atoms with Crippen LogP contribution in [0.15, 0.2) is 28.8 Å². The molecule has 0 N–H and O–H groups in total. The van der Waals surface area contributed by atoms with E-state index in [1.54, 1.807) is 0 Å². The van der Waals surface area contributed by atoms with Gasteiger partial charge in [-0.05, 0) is 25.3 Å². The Morgan fingerprint density at radius 2 is 1.86 bits per heavy atom. The SMILES string of the molecule is Cc1ccccc1-c1noc(CCC(=O)N2CCN(C3CCCCC3)CC2)n1. The largest absolute Gasteiger partial charge is 0.340 e. The fourth-order valence-electron chi connectivity index (χ4n) is 4.44. The van der Waals surface area contributed by atoms with Gasteiger partial charge in [0.1, 0.15) is 0 Å². The van der Waals surface area contributed by atoms with E-state index in [4.69, 9.17) is 4.52 Å². The van der Waals surface area contributed by atoms with Crippen LogP contribution in [-0.4, -0.2) is 58.1 Å². The highest BCUT2D eigenvalue weighted by Gasteiger charge is 2.27. The van der Waals surface area contributed by atoms with Gasteiger partial charge >= 0.3 is 0 Å². The predicted molar refractivity (Wildman–Crippen MR) is 108 cm³/mol. The van der Waals surface area contributed by atoms with Gasteiger partial charge in [-0.3, -0.25) is 9.69 Å². The number of carbonyl (C=O) groups is 1. The summed E-state index contributed by atoms with van der Waals surface area (Å²) in [5.41, 5.74) is 2.09. The molecule has 150 valence electrons. The van der Waals surface area contributed by atoms with E-state index in [-0.39, 0.29) is 5.91 Å². The molecule has 2 aliphatic rings. The van der Waals surface area contributed by atoms with Crippen molar-refractivity contribution in [1.82, 2.24) is 19.9 Å². The lowest BCUT2D eigenvalue weighted by Gasteiger charge is -2.40. The molecule has 6 nitrogen and oxygen atoms in total. The summed E-state index contributed by atoms with van der Waals surface area (Å²) in [4.78, 5) is 21.7. The Balaban J connectivity index is 1.26. The lowest BCUT2D eigenvalue weighted by molar-refractivity contribution is -0.133. The molecule has 2 aromatic rings. The van der Waals surface area contributed by atoms with E-state index in [0.717, 1.165) is 43.3 Å². The summed E-state index contributed by atoms with van der Waals surface area (Å²) in [6, 6.07) is 8.72. The second-order valence-corrected chi connectivity index (χ2v) is 8.04. The number of carbonyl (C=O) groups excluding carboxylic acids is 1. The Hall–Kier alpha value is -2.21. The standard InChI is InChI=1S/C22H30N4O2/c1-17-7-5-6-10-19(17)22-23-20(28-24-22)11-12-21(27)26-15-13-25(14-16-26)18-8-3-2-4-9-18/h5-7,10,18H,2-4,8-9,11-16H2,1H3. The van der Waals surface area contributed by atoms with Crippen LogP contribution in [0.1, 0.15) is 50.0 Å². The number of rotatable bonds is 5. The van der Waals surface area contributed by atoms with Crippen LogP contribution in [0, 0.1) is 6.92 Å². The minimum absolute atomic E-state index is 0.193. The molecule has 1 aliphatic carbocycles. The third-order valence-corrected chi connectivity index (χ3v) is 6.16. The van der Waals surface area contributed by atoms with Crippen LogP contribution in [0.5, 0.6) is 0 Å². The highest BCUT2D eigenvalue weighted by atomic mass is 16.5. The van der Waals surface area contributed by atoms with Crippen LogP contribution in [0.2, 0.25) is 0 Å². The maximum Gasteiger partial charge on any atom is 0.227 e. The number of aromatic nitrogens is 2. The fourth-order valence-corrected chi connectivity index (χ4v) is 4.44. The van der Waals surface area contributed by atoms with Gasteiger partial charge in [-0.15, -0.1) is 0 Å². The molecule has 1 amide bonds. The number of piperazine rings is 1. The van der Waals surface area contributed by atoms with Crippen molar-refractivity contribution in [3.63, 3.8) is 0 Å². The Bertz CT molecular complexity index is 789. The van der Waals surface area contributed by atoms with Crippen LogP contribution in [0.25, 0.3) is 11.4 Å². The average Bonchev–Trinajstić information content (AvgIpc) is 3.22. The molecule has 1 aliphatic heterocycles. The van der Waals surface area contributed by atoms with Crippen molar-refractivity contribution in [3.05, 3.63) is 35.7 Å². The molecule has 0 atom stereocenters. The van der Waals surface area contributed by atoms with E-state index < -0.39 is 0 Å².